The van der Waals surface area contributed by atoms with Crippen molar-refractivity contribution < 1.29 is 14.3 Å². The van der Waals surface area contributed by atoms with Crippen LogP contribution >= 0.6 is 0 Å². The molecule has 130 valence electrons. The molecule has 0 N–H and O–H groups in total. The number of aromatic nitrogens is 1. The van der Waals surface area contributed by atoms with E-state index in [1.54, 1.807) is 14.0 Å². The van der Waals surface area contributed by atoms with Crippen molar-refractivity contribution in [3.8, 4) is 11.5 Å². The summed E-state index contributed by atoms with van der Waals surface area (Å²) in [4.78, 5) is 12.0. The number of rotatable bonds is 7. The van der Waals surface area contributed by atoms with Gasteiger partial charge in [-0.05, 0) is 43.2 Å². The normalized spacial score (nSPS) is 10.8. The molecule has 0 saturated carbocycles. The Labute approximate surface area is 148 Å². The number of para-hydroxylation sites is 1. The Kier molecular flexibility index (Phi) is 5.08. The molecule has 0 aliphatic rings. The van der Waals surface area contributed by atoms with Crippen molar-refractivity contribution in [1.29, 1.82) is 0 Å². The van der Waals surface area contributed by atoms with E-state index in [2.05, 4.69) is 17.6 Å². The molecule has 25 heavy (non-hydrogen) atoms. The predicted octanol–water partition coefficient (Wildman–Crippen LogP) is 4.49. The standard InChI is InChI=1S/C21H23NO3/c1-4-16-6-5-7-19-20(15(2)23)14-22(21(16)19)12-13-25-18-10-8-17(24-3)9-11-18/h5-11,14H,4,12-13H2,1-3H3. The largest absolute Gasteiger partial charge is 0.497 e. The molecule has 0 saturated heterocycles. The smallest absolute Gasteiger partial charge is 0.161 e. The van der Waals surface area contributed by atoms with Crippen LogP contribution in [-0.2, 0) is 13.0 Å². The fraction of sp³-hybridized carbons (Fsp3) is 0.286. The highest BCUT2D eigenvalue weighted by molar-refractivity contribution is 6.07. The number of carbonyl (C=O) groups excluding carboxylic acids is 1. The Morgan fingerprint density at radius 3 is 2.44 bits per heavy atom. The average molecular weight is 337 g/mol. The maximum Gasteiger partial charge on any atom is 0.161 e. The van der Waals surface area contributed by atoms with Crippen LogP contribution in [0.25, 0.3) is 10.9 Å². The van der Waals surface area contributed by atoms with Gasteiger partial charge in [0.25, 0.3) is 0 Å². The fourth-order valence-corrected chi connectivity index (χ4v) is 3.11. The number of Topliss-reactive ketones (excluding diaryl/α,β-unsaturated/α-hetero) is 1. The SMILES string of the molecule is CCc1cccc2c(C(C)=O)cn(CCOc3ccc(OC)cc3)c12. The Hall–Kier alpha value is -2.75. The molecule has 3 rings (SSSR count). The summed E-state index contributed by atoms with van der Waals surface area (Å²) < 4.78 is 13.1. The first-order chi connectivity index (χ1) is 12.1. The summed E-state index contributed by atoms with van der Waals surface area (Å²) in [5.74, 6) is 1.70. The summed E-state index contributed by atoms with van der Waals surface area (Å²) in [6, 6.07) is 13.7. The van der Waals surface area contributed by atoms with Crippen molar-refractivity contribution in [3.05, 3.63) is 59.8 Å². The molecule has 1 aromatic heterocycles. The minimum atomic E-state index is 0.0908. The highest BCUT2D eigenvalue weighted by Gasteiger charge is 2.14. The second-order valence-corrected chi connectivity index (χ2v) is 5.98. The lowest BCUT2D eigenvalue weighted by Crippen LogP contribution is -2.08. The van der Waals surface area contributed by atoms with Gasteiger partial charge in [-0.25, -0.2) is 0 Å². The van der Waals surface area contributed by atoms with E-state index in [0.717, 1.165) is 34.4 Å². The maximum absolute atomic E-state index is 12.0. The summed E-state index contributed by atoms with van der Waals surface area (Å²) in [6.45, 7) is 4.97. The molecule has 0 fully saturated rings. The molecule has 2 aromatic carbocycles. The number of methoxy groups -OCH3 is 1. The molecular formula is C21H23NO3. The Morgan fingerprint density at radius 2 is 1.80 bits per heavy atom. The molecule has 0 aliphatic heterocycles. The van der Waals surface area contributed by atoms with Gasteiger partial charge in [0.1, 0.15) is 18.1 Å². The predicted molar refractivity (Wildman–Crippen MR) is 99.8 cm³/mol. The van der Waals surface area contributed by atoms with Gasteiger partial charge in [-0.15, -0.1) is 0 Å². The first-order valence-electron chi connectivity index (χ1n) is 8.52. The average Bonchev–Trinajstić information content (AvgIpc) is 3.01. The minimum Gasteiger partial charge on any atom is -0.497 e. The third-order valence-electron chi connectivity index (χ3n) is 4.40. The number of hydrogen-bond acceptors (Lipinski definition) is 3. The van der Waals surface area contributed by atoms with Gasteiger partial charge in [0.05, 0.1) is 19.2 Å². The number of aryl methyl sites for hydroxylation is 1. The Bertz CT molecular complexity index is 878. The quantitative estimate of drug-likeness (QED) is 0.596. The summed E-state index contributed by atoms with van der Waals surface area (Å²) in [7, 11) is 1.64. The van der Waals surface area contributed by atoms with Gasteiger partial charge in [-0.3, -0.25) is 4.79 Å². The summed E-state index contributed by atoms with van der Waals surface area (Å²) in [6.07, 6.45) is 2.88. The third kappa shape index (κ3) is 3.53. The van der Waals surface area contributed by atoms with Crippen LogP contribution in [0.3, 0.4) is 0 Å². The lowest BCUT2D eigenvalue weighted by molar-refractivity contribution is 0.101. The van der Waals surface area contributed by atoms with Crippen molar-refractivity contribution in [2.45, 2.75) is 26.8 Å². The molecule has 3 aromatic rings. The van der Waals surface area contributed by atoms with E-state index >= 15 is 0 Å². The minimum absolute atomic E-state index is 0.0908. The molecule has 0 spiro atoms. The van der Waals surface area contributed by atoms with E-state index < -0.39 is 0 Å². The number of benzene rings is 2. The molecule has 0 bridgehead atoms. The van der Waals surface area contributed by atoms with Crippen LogP contribution in [0, 0.1) is 0 Å². The molecule has 0 aliphatic carbocycles. The van der Waals surface area contributed by atoms with E-state index in [1.807, 2.05) is 42.6 Å². The molecule has 0 atom stereocenters. The summed E-state index contributed by atoms with van der Waals surface area (Å²) in [5, 5.41) is 1.02. The van der Waals surface area contributed by atoms with Gasteiger partial charge in [-0.2, -0.15) is 0 Å². The van der Waals surface area contributed by atoms with Crippen molar-refractivity contribution in [3.63, 3.8) is 0 Å². The monoisotopic (exact) mass is 337 g/mol. The zero-order valence-electron chi connectivity index (χ0n) is 14.9. The maximum atomic E-state index is 12.0. The first kappa shape index (κ1) is 17.1. The van der Waals surface area contributed by atoms with Crippen LogP contribution in [-0.4, -0.2) is 24.1 Å². The summed E-state index contributed by atoms with van der Waals surface area (Å²) >= 11 is 0. The number of fused-ring (bicyclic) bond motifs is 1. The highest BCUT2D eigenvalue weighted by Crippen LogP contribution is 2.26. The third-order valence-corrected chi connectivity index (χ3v) is 4.40. The number of ether oxygens (including phenoxy) is 2. The fourth-order valence-electron chi connectivity index (χ4n) is 3.11. The molecule has 1 heterocycles. The lowest BCUT2D eigenvalue weighted by atomic mass is 10.1. The van der Waals surface area contributed by atoms with Crippen LogP contribution in [0.1, 0.15) is 29.8 Å². The topological polar surface area (TPSA) is 40.5 Å². The van der Waals surface area contributed by atoms with Gasteiger partial charge < -0.3 is 14.0 Å². The Morgan fingerprint density at radius 1 is 1.08 bits per heavy atom. The van der Waals surface area contributed by atoms with E-state index in [4.69, 9.17) is 9.47 Å². The Balaban J connectivity index is 1.81. The number of hydrogen-bond donors (Lipinski definition) is 0. The molecule has 0 amide bonds. The molecular weight excluding hydrogens is 314 g/mol. The second-order valence-electron chi connectivity index (χ2n) is 5.98. The van der Waals surface area contributed by atoms with Gasteiger partial charge in [-0.1, -0.05) is 25.1 Å². The molecule has 0 radical (unpaired) electrons. The highest BCUT2D eigenvalue weighted by atomic mass is 16.5. The molecule has 0 unspecified atom stereocenters. The van der Waals surface area contributed by atoms with E-state index in [9.17, 15) is 4.79 Å². The molecule has 4 nitrogen and oxygen atoms in total. The van der Waals surface area contributed by atoms with Crippen LogP contribution in [0.5, 0.6) is 11.5 Å². The van der Waals surface area contributed by atoms with Crippen LogP contribution in [0.2, 0.25) is 0 Å². The number of nitrogens with zero attached hydrogens (tertiary/aromatic N) is 1. The van der Waals surface area contributed by atoms with Crippen molar-refractivity contribution in [2.24, 2.45) is 0 Å². The zero-order valence-corrected chi connectivity index (χ0v) is 14.9. The first-order valence-corrected chi connectivity index (χ1v) is 8.52. The number of carbonyl (C=O) groups is 1. The van der Waals surface area contributed by atoms with E-state index in [0.29, 0.717) is 13.2 Å². The van der Waals surface area contributed by atoms with E-state index in [-0.39, 0.29) is 5.78 Å². The van der Waals surface area contributed by atoms with Crippen molar-refractivity contribution >= 4 is 16.7 Å². The van der Waals surface area contributed by atoms with Gasteiger partial charge in [0.15, 0.2) is 5.78 Å². The molecule has 4 heteroatoms. The zero-order chi connectivity index (χ0) is 17.8. The van der Waals surface area contributed by atoms with E-state index in [1.165, 1.54) is 5.56 Å². The second kappa shape index (κ2) is 7.43. The van der Waals surface area contributed by atoms with Crippen LogP contribution < -0.4 is 9.47 Å². The van der Waals surface area contributed by atoms with Gasteiger partial charge in [0, 0.05) is 17.1 Å². The van der Waals surface area contributed by atoms with Gasteiger partial charge in [0.2, 0.25) is 0 Å². The van der Waals surface area contributed by atoms with Crippen molar-refractivity contribution in [1.82, 2.24) is 4.57 Å². The van der Waals surface area contributed by atoms with Crippen molar-refractivity contribution in [2.75, 3.05) is 13.7 Å². The van der Waals surface area contributed by atoms with Crippen LogP contribution in [0.4, 0.5) is 0 Å². The number of ketones is 1. The lowest BCUT2D eigenvalue weighted by Gasteiger charge is -2.10. The van der Waals surface area contributed by atoms with Gasteiger partial charge >= 0.3 is 0 Å². The summed E-state index contributed by atoms with van der Waals surface area (Å²) in [5.41, 5.74) is 3.15. The van der Waals surface area contributed by atoms with Crippen LogP contribution in [0.15, 0.2) is 48.7 Å².